The lowest BCUT2D eigenvalue weighted by atomic mass is 10.2. The summed E-state index contributed by atoms with van der Waals surface area (Å²) in [6.45, 7) is 9.83. The number of aliphatic imine (C=N–C) groups is 1. The van der Waals surface area contributed by atoms with Crippen molar-refractivity contribution in [3.63, 3.8) is 0 Å². The Morgan fingerprint density at radius 1 is 1.24 bits per heavy atom. The summed E-state index contributed by atoms with van der Waals surface area (Å²) in [5.74, 6) is 0.899. The summed E-state index contributed by atoms with van der Waals surface area (Å²) in [6, 6.07) is 9.19. The summed E-state index contributed by atoms with van der Waals surface area (Å²) in [6.07, 6.45) is 1.81. The van der Waals surface area contributed by atoms with Gasteiger partial charge in [0.25, 0.3) is 0 Å². The molecule has 0 unspecified atom stereocenters. The van der Waals surface area contributed by atoms with Gasteiger partial charge in [0.15, 0.2) is 17.5 Å². The number of ether oxygens (including phenoxy) is 1. The van der Waals surface area contributed by atoms with Crippen LogP contribution in [0.4, 0.5) is 4.39 Å². The monoisotopic (exact) mass is 399 g/mol. The Labute approximate surface area is 172 Å². The van der Waals surface area contributed by atoms with Crippen LogP contribution in [0.5, 0.6) is 5.75 Å². The molecule has 2 aromatic rings. The number of methoxy groups -OCH3 is 1. The predicted octanol–water partition coefficient (Wildman–Crippen LogP) is 2.82. The molecule has 0 atom stereocenters. The summed E-state index contributed by atoms with van der Waals surface area (Å²) >= 11 is 0. The second-order valence-corrected chi connectivity index (χ2v) is 7.17. The predicted molar refractivity (Wildman–Crippen MR) is 114 cm³/mol. The third-order valence-corrected chi connectivity index (χ3v) is 5.13. The van der Waals surface area contributed by atoms with E-state index >= 15 is 0 Å². The van der Waals surface area contributed by atoms with Crippen molar-refractivity contribution < 1.29 is 9.13 Å². The van der Waals surface area contributed by atoms with E-state index in [4.69, 9.17) is 9.73 Å². The van der Waals surface area contributed by atoms with Gasteiger partial charge in [-0.25, -0.2) is 9.38 Å². The fourth-order valence-electron chi connectivity index (χ4n) is 3.44. The molecular formula is C22H30FN5O. The number of hydrogen-bond donors (Lipinski definition) is 1. The molecule has 0 radical (unpaired) electrons. The van der Waals surface area contributed by atoms with E-state index in [9.17, 15) is 4.39 Å². The maximum atomic E-state index is 13.9. The van der Waals surface area contributed by atoms with E-state index in [1.54, 1.807) is 12.1 Å². The van der Waals surface area contributed by atoms with Gasteiger partial charge in [0, 0.05) is 45.5 Å². The van der Waals surface area contributed by atoms with Crippen LogP contribution in [0, 0.1) is 12.7 Å². The molecule has 1 aromatic carbocycles. The molecule has 2 heterocycles. The average molecular weight is 400 g/mol. The van der Waals surface area contributed by atoms with Gasteiger partial charge in [0.05, 0.1) is 19.3 Å². The highest BCUT2D eigenvalue weighted by Crippen LogP contribution is 2.19. The molecule has 1 aromatic heterocycles. The average Bonchev–Trinajstić information content (AvgIpc) is 2.73. The van der Waals surface area contributed by atoms with E-state index in [0.717, 1.165) is 62.0 Å². The Bertz CT molecular complexity index is 834. The topological polar surface area (TPSA) is 53.0 Å². The molecule has 0 amide bonds. The highest BCUT2D eigenvalue weighted by molar-refractivity contribution is 5.80. The molecule has 0 spiro atoms. The Kier molecular flexibility index (Phi) is 7.41. The maximum absolute atomic E-state index is 13.9. The number of piperazine rings is 1. The fourth-order valence-corrected chi connectivity index (χ4v) is 3.44. The Morgan fingerprint density at radius 3 is 2.69 bits per heavy atom. The second kappa shape index (κ2) is 10.2. The first kappa shape index (κ1) is 21.0. The van der Waals surface area contributed by atoms with E-state index < -0.39 is 0 Å². The van der Waals surface area contributed by atoms with Gasteiger partial charge in [0.2, 0.25) is 0 Å². The van der Waals surface area contributed by atoms with Crippen molar-refractivity contribution >= 4 is 5.96 Å². The van der Waals surface area contributed by atoms with Crippen LogP contribution in [0.2, 0.25) is 0 Å². The highest BCUT2D eigenvalue weighted by Gasteiger charge is 2.20. The van der Waals surface area contributed by atoms with Gasteiger partial charge < -0.3 is 15.0 Å². The van der Waals surface area contributed by atoms with Crippen LogP contribution in [0.3, 0.4) is 0 Å². The molecule has 1 fully saturated rings. The normalized spacial score (nSPS) is 15.4. The minimum absolute atomic E-state index is 0.285. The summed E-state index contributed by atoms with van der Waals surface area (Å²) < 4.78 is 18.9. The van der Waals surface area contributed by atoms with Gasteiger partial charge in [0.1, 0.15) is 0 Å². The Hall–Kier alpha value is -2.67. The van der Waals surface area contributed by atoms with Crippen LogP contribution in [0.25, 0.3) is 0 Å². The van der Waals surface area contributed by atoms with Crippen molar-refractivity contribution in [1.82, 2.24) is 20.1 Å². The summed E-state index contributed by atoms with van der Waals surface area (Å²) in [7, 11) is 1.48. The van der Waals surface area contributed by atoms with E-state index in [1.807, 2.05) is 18.3 Å². The third-order valence-electron chi connectivity index (χ3n) is 5.13. The first-order valence-corrected chi connectivity index (χ1v) is 10.1. The second-order valence-electron chi connectivity index (χ2n) is 7.17. The standard InChI is InChI=1S/C22H30FN5O/c1-4-24-22(26-15-20-17(2)6-5-9-25-20)28-12-10-27(11-13-28)16-18-7-8-21(29-3)19(23)14-18/h5-9,14H,4,10-13,15-16H2,1-3H3,(H,24,26). The number of hydrogen-bond acceptors (Lipinski definition) is 4. The highest BCUT2D eigenvalue weighted by atomic mass is 19.1. The third kappa shape index (κ3) is 5.67. The molecule has 156 valence electrons. The Morgan fingerprint density at radius 2 is 2.03 bits per heavy atom. The molecular weight excluding hydrogens is 369 g/mol. The molecule has 3 rings (SSSR count). The molecule has 1 N–H and O–H groups in total. The number of aromatic nitrogens is 1. The van der Waals surface area contributed by atoms with E-state index in [1.165, 1.54) is 7.11 Å². The quantitative estimate of drug-likeness (QED) is 0.598. The van der Waals surface area contributed by atoms with Gasteiger partial charge in [-0.15, -0.1) is 0 Å². The number of guanidine groups is 1. The van der Waals surface area contributed by atoms with Crippen molar-refractivity contribution in [2.45, 2.75) is 26.9 Å². The van der Waals surface area contributed by atoms with Crippen molar-refractivity contribution in [2.75, 3.05) is 39.8 Å². The lowest BCUT2D eigenvalue weighted by Crippen LogP contribution is -2.52. The van der Waals surface area contributed by atoms with Crippen molar-refractivity contribution in [2.24, 2.45) is 4.99 Å². The number of benzene rings is 1. The van der Waals surface area contributed by atoms with Crippen molar-refractivity contribution in [1.29, 1.82) is 0 Å². The fraction of sp³-hybridized carbons (Fsp3) is 0.455. The summed E-state index contributed by atoms with van der Waals surface area (Å²) in [5, 5.41) is 3.39. The van der Waals surface area contributed by atoms with Gasteiger partial charge in [-0.1, -0.05) is 12.1 Å². The molecule has 0 saturated carbocycles. The Balaban J connectivity index is 1.58. The van der Waals surface area contributed by atoms with Crippen LogP contribution >= 0.6 is 0 Å². The van der Waals surface area contributed by atoms with Crippen LogP contribution in [-0.2, 0) is 13.1 Å². The lowest BCUT2D eigenvalue weighted by molar-refractivity contribution is 0.172. The summed E-state index contributed by atoms with van der Waals surface area (Å²) in [5.41, 5.74) is 3.12. The molecule has 1 aliphatic heterocycles. The lowest BCUT2D eigenvalue weighted by Gasteiger charge is -2.36. The SMILES string of the molecule is CCNC(=NCc1ncccc1C)N1CCN(Cc2ccc(OC)c(F)c2)CC1. The minimum atomic E-state index is -0.310. The molecule has 1 aliphatic rings. The molecule has 1 saturated heterocycles. The van der Waals surface area contributed by atoms with Crippen LogP contribution in [-0.4, -0.2) is 60.6 Å². The van der Waals surface area contributed by atoms with Crippen LogP contribution in [0.1, 0.15) is 23.7 Å². The smallest absolute Gasteiger partial charge is 0.194 e. The first-order valence-electron chi connectivity index (χ1n) is 10.1. The number of halogens is 1. The van der Waals surface area contributed by atoms with E-state index in [-0.39, 0.29) is 11.6 Å². The van der Waals surface area contributed by atoms with Crippen LogP contribution in [0.15, 0.2) is 41.5 Å². The number of nitrogens with zero attached hydrogens (tertiary/aromatic N) is 4. The van der Waals surface area contributed by atoms with Gasteiger partial charge in [-0.2, -0.15) is 0 Å². The largest absolute Gasteiger partial charge is 0.494 e. The van der Waals surface area contributed by atoms with Crippen molar-refractivity contribution in [3.05, 3.63) is 59.2 Å². The number of rotatable bonds is 6. The first-order chi connectivity index (χ1) is 14.1. The number of pyridine rings is 1. The zero-order chi connectivity index (χ0) is 20.6. The van der Waals surface area contributed by atoms with Gasteiger partial charge in [-0.3, -0.25) is 9.88 Å². The number of aryl methyl sites for hydroxylation is 1. The van der Waals surface area contributed by atoms with E-state index in [2.05, 4.69) is 40.0 Å². The zero-order valence-corrected chi connectivity index (χ0v) is 17.5. The molecule has 7 heteroatoms. The summed E-state index contributed by atoms with van der Waals surface area (Å²) in [4.78, 5) is 13.8. The molecule has 0 aliphatic carbocycles. The molecule has 6 nitrogen and oxygen atoms in total. The maximum Gasteiger partial charge on any atom is 0.194 e. The molecule has 0 bridgehead atoms. The number of nitrogens with one attached hydrogen (secondary N) is 1. The van der Waals surface area contributed by atoms with Gasteiger partial charge >= 0.3 is 0 Å². The molecule has 29 heavy (non-hydrogen) atoms. The van der Waals surface area contributed by atoms with Crippen molar-refractivity contribution in [3.8, 4) is 5.75 Å². The van der Waals surface area contributed by atoms with E-state index in [0.29, 0.717) is 6.54 Å². The zero-order valence-electron chi connectivity index (χ0n) is 17.5. The van der Waals surface area contributed by atoms with Crippen LogP contribution < -0.4 is 10.1 Å². The minimum Gasteiger partial charge on any atom is -0.494 e. The van der Waals surface area contributed by atoms with Gasteiger partial charge in [-0.05, 0) is 43.2 Å².